The Morgan fingerprint density at radius 1 is 1.24 bits per heavy atom. The smallest absolute Gasteiger partial charge is 0.500 e. The van der Waals surface area contributed by atoms with Crippen molar-refractivity contribution in [3.63, 3.8) is 0 Å². The molecule has 0 aromatic carbocycles. The Bertz CT molecular complexity index is 312. The summed E-state index contributed by atoms with van der Waals surface area (Å²) in [6.45, 7) is 3.10. The molecule has 7 heteroatoms. The van der Waals surface area contributed by atoms with Crippen molar-refractivity contribution in [3.05, 3.63) is 16.6 Å². The number of halogens is 1. The standard InChI is InChI=1S/C10H20NO3SSi.BrH/c1-10-8-15-9-11(10)6-5-7-16(12-2,13-3)14-4;/h8-9H,5-7H2,1-4H3;1H/q+1;/p-1. The molecule has 0 aliphatic carbocycles. The Morgan fingerprint density at radius 2 is 1.82 bits per heavy atom. The zero-order chi connectivity index (χ0) is 12.0. The van der Waals surface area contributed by atoms with E-state index in [1.807, 2.05) is 0 Å². The lowest BCUT2D eigenvalue weighted by atomic mass is 10.4. The van der Waals surface area contributed by atoms with E-state index in [2.05, 4.69) is 22.4 Å². The van der Waals surface area contributed by atoms with Gasteiger partial charge in [-0.1, -0.05) is 11.3 Å². The van der Waals surface area contributed by atoms with Crippen molar-refractivity contribution in [2.45, 2.75) is 25.9 Å². The minimum Gasteiger partial charge on any atom is -1.00 e. The van der Waals surface area contributed by atoms with Crippen LogP contribution >= 0.6 is 11.3 Å². The molecule has 1 rings (SSSR count). The summed E-state index contributed by atoms with van der Waals surface area (Å²) in [6, 6.07) is 0.846. The normalized spacial score (nSPS) is 11.3. The predicted molar refractivity (Wildman–Crippen MR) is 65.5 cm³/mol. The fraction of sp³-hybridized carbons (Fsp3) is 0.700. The first kappa shape index (κ1) is 17.2. The molecule has 0 saturated carbocycles. The van der Waals surface area contributed by atoms with Crippen LogP contribution in [-0.2, 0) is 19.8 Å². The molecule has 4 nitrogen and oxygen atoms in total. The zero-order valence-electron chi connectivity index (χ0n) is 10.7. The summed E-state index contributed by atoms with van der Waals surface area (Å²) in [4.78, 5) is 0. The van der Waals surface area contributed by atoms with Gasteiger partial charge in [-0.3, -0.25) is 0 Å². The number of aromatic nitrogens is 1. The molecule has 1 aromatic rings. The van der Waals surface area contributed by atoms with Gasteiger partial charge in [0.25, 0.3) is 0 Å². The molecular formula is C10H20BrNO3SSi. The van der Waals surface area contributed by atoms with E-state index in [4.69, 9.17) is 13.3 Å². The Balaban J connectivity index is 0.00000256. The Morgan fingerprint density at radius 3 is 2.24 bits per heavy atom. The summed E-state index contributed by atoms with van der Waals surface area (Å²) < 4.78 is 18.4. The average Bonchev–Trinajstić information content (AvgIpc) is 2.71. The quantitative estimate of drug-likeness (QED) is 0.452. The van der Waals surface area contributed by atoms with E-state index in [9.17, 15) is 0 Å². The maximum atomic E-state index is 5.37. The second kappa shape index (κ2) is 8.33. The molecule has 0 bridgehead atoms. The summed E-state index contributed by atoms with van der Waals surface area (Å²) in [5.41, 5.74) is 3.43. The van der Waals surface area contributed by atoms with Gasteiger partial charge in [0, 0.05) is 40.7 Å². The van der Waals surface area contributed by atoms with E-state index in [0.29, 0.717) is 0 Å². The van der Waals surface area contributed by atoms with Gasteiger partial charge < -0.3 is 30.3 Å². The molecule has 0 aliphatic heterocycles. The van der Waals surface area contributed by atoms with Crippen LogP contribution in [-0.4, -0.2) is 30.1 Å². The molecule has 0 radical (unpaired) electrons. The monoisotopic (exact) mass is 341 g/mol. The molecule has 0 amide bonds. The Kier molecular flexibility index (Phi) is 8.43. The van der Waals surface area contributed by atoms with Crippen LogP contribution in [0.3, 0.4) is 0 Å². The second-order valence-electron chi connectivity index (χ2n) is 3.59. The first-order valence-corrected chi connectivity index (χ1v) is 8.12. The van der Waals surface area contributed by atoms with Gasteiger partial charge in [0.15, 0.2) is 5.69 Å². The lowest BCUT2D eigenvalue weighted by molar-refractivity contribution is -0.698. The molecule has 1 aromatic heterocycles. The van der Waals surface area contributed by atoms with Gasteiger partial charge in [0.05, 0.1) is 5.38 Å². The number of aryl methyl sites for hydroxylation is 2. The van der Waals surface area contributed by atoms with Crippen LogP contribution in [0.2, 0.25) is 6.04 Å². The predicted octanol–water partition coefficient (Wildman–Crippen LogP) is -1.38. The third-order valence-corrected chi connectivity index (χ3v) is 6.38. The van der Waals surface area contributed by atoms with Gasteiger partial charge in [0.1, 0.15) is 6.54 Å². The molecule has 0 N–H and O–H groups in total. The maximum Gasteiger partial charge on any atom is 0.500 e. The first-order valence-electron chi connectivity index (χ1n) is 5.25. The summed E-state index contributed by atoms with van der Waals surface area (Å²) in [6.07, 6.45) is 1.00. The van der Waals surface area contributed by atoms with Crippen molar-refractivity contribution in [1.29, 1.82) is 0 Å². The summed E-state index contributed by atoms with van der Waals surface area (Å²) in [5.74, 6) is 0. The van der Waals surface area contributed by atoms with E-state index in [1.165, 1.54) is 5.69 Å². The van der Waals surface area contributed by atoms with E-state index in [1.54, 1.807) is 32.7 Å². The molecule has 17 heavy (non-hydrogen) atoms. The highest BCUT2D eigenvalue weighted by Gasteiger charge is 2.37. The lowest BCUT2D eigenvalue weighted by Crippen LogP contribution is -3.00. The molecular weight excluding hydrogens is 322 g/mol. The van der Waals surface area contributed by atoms with Gasteiger partial charge in [-0.15, -0.1) is 0 Å². The molecule has 0 atom stereocenters. The lowest BCUT2D eigenvalue weighted by Gasteiger charge is -2.23. The fourth-order valence-electron chi connectivity index (χ4n) is 1.60. The van der Waals surface area contributed by atoms with Crippen LogP contribution in [0, 0.1) is 6.92 Å². The number of thiazole rings is 1. The Hall–Kier alpha value is 0.207. The molecule has 1 heterocycles. The number of hydrogen-bond donors (Lipinski definition) is 0. The molecule has 0 aliphatic rings. The van der Waals surface area contributed by atoms with E-state index < -0.39 is 8.80 Å². The minimum absolute atomic E-state index is 0. The zero-order valence-corrected chi connectivity index (χ0v) is 14.1. The van der Waals surface area contributed by atoms with Crippen LogP contribution in [0.25, 0.3) is 0 Å². The highest BCUT2D eigenvalue weighted by molar-refractivity contribution is 7.07. The SMILES string of the molecule is CO[Si](CCC[n+]1cscc1C)(OC)OC.[Br-]. The number of hydrogen-bond acceptors (Lipinski definition) is 4. The topological polar surface area (TPSA) is 31.6 Å². The summed E-state index contributed by atoms with van der Waals surface area (Å²) >= 11 is 1.72. The third-order valence-electron chi connectivity index (χ3n) is 2.69. The van der Waals surface area contributed by atoms with Crippen molar-refractivity contribution in [2.75, 3.05) is 21.3 Å². The van der Waals surface area contributed by atoms with Gasteiger partial charge in [0.2, 0.25) is 5.51 Å². The van der Waals surface area contributed by atoms with E-state index in [-0.39, 0.29) is 17.0 Å². The minimum atomic E-state index is -2.38. The molecule has 100 valence electrons. The van der Waals surface area contributed by atoms with Gasteiger partial charge >= 0.3 is 8.80 Å². The maximum absolute atomic E-state index is 5.37. The third kappa shape index (κ3) is 4.76. The van der Waals surface area contributed by atoms with Gasteiger partial charge in [-0.2, -0.15) is 4.57 Å². The van der Waals surface area contributed by atoms with Crippen LogP contribution in [0.15, 0.2) is 10.9 Å². The Labute approximate surface area is 119 Å². The average molecular weight is 342 g/mol. The van der Waals surface area contributed by atoms with Crippen LogP contribution < -0.4 is 21.5 Å². The second-order valence-corrected chi connectivity index (χ2v) is 7.40. The highest BCUT2D eigenvalue weighted by Crippen LogP contribution is 2.14. The first-order chi connectivity index (χ1) is 7.67. The molecule has 0 saturated heterocycles. The van der Waals surface area contributed by atoms with Gasteiger partial charge in [-0.05, 0) is 0 Å². The van der Waals surface area contributed by atoms with Gasteiger partial charge in [-0.25, -0.2) is 0 Å². The van der Waals surface area contributed by atoms with Crippen LogP contribution in [0.1, 0.15) is 12.1 Å². The van der Waals surface area contributed by atoms with E-state index >= 15 is 0 Å². The van der Waals surface area contributed by atoms with Crippen molar-refractivity contribution >= 4 is 20.1 Å². The highest BCUT2D eigenvalue weighted by atomic mass is 79.9. The van der Waals surface area contributed by atoms with Crippen molar-refractivity contribution < 1.29 is 34.8 Å². The van der Waals surface area contributed by atoms with Crippen LogP contribution in [0.5, 0.6) is 0 Å². The van der Waals surface area contributed by atoms with Crippen molar-refractivity contribution in [2.24, 2.45) is 0 Å². The largest absolute Gasteiger partial charge is 1.00 e. The fourth-order valence-corrected chi connectivity index (χ4v) is 4.12. The van der Waals surface area contributed by atoms with Crippen molar-refractivity contribution in [1.82, 2.24) is 0 Å². The number of nitrogens with zero attached hydrogens (tertiary/aromatic N) is 1. The van der Waals surface area contributed by atoms with Crippen LogP contribution in [0.4, 0.5) is 0 Å². The molecule has 0 unspecified atom stereocenters. The van der Waals surface area contributed by atoms with E-state index in [0.717, 1.165) is 19.0 Å². The van der Waals surface area contributed by atoms with Crippen molar-refractivity contribution in [3.8, 4) is 0 Å². The number of rotatable bonds is 7. The summed E-state index contributed by atoms with van der Waals surface area (Å²) in [5, 5.41) is 2.15. The molecule has 0 spiro atoms. The summed E-state index contributed by atoms with van der Waals surface area (Å²) in [7, 11) is 2.59. The molecule has 0 fully saturated rings.